The number of β-amino-alcohol motifs (C(OH)–C–C–N with tert-alkyl or cyclic N) is 1. The molecule has 0 aliphatic carbocycles. The van der Waals surface area contributed by atoms with Crippen LogP contribution < -0.4 is 5.32 Å². The molecule has 1 aliphatic heterocycles. The Morgan fingerprint density at radius 3 is 3.00 bits per heavy atom. The number of nitrogens with one attached hydrogen (secondary N) is 1. The van der Waals surface area contributed by atoms with E-state index in [4.69, 9.17) is 0 Å². The van der Waals surface area contributed by atoms with Crippen molar-refractivity contribution in [3.05, 3.63) is 28.2 Å². The fourth-order valence-electron chi connectivity index (χ4n) is 1.86. The number of aryl methyl sites for hydroxylation is 1. The summed E-state index contributed by atoms with van der Waals surface area (Å²) >= 11 is 3.45. The molecule has 1 aromatic rings. The van der Waals surface area contributed by atoms with Gasteiger partial charge in [0.2, 0.25) is 0 Å². The number of nitrogens with zero attached hydrogens (tertiary/aromatic N) is 1. The number of carbonyl (C=O) groups is 1. The van der Waals surface area contributed by atoms with Gasteiger partial charge in [0, 0.05) is 17.6 Å². The van der Waals surface area contributed by atoms with Crippen LogP contribution in [-0.2, 0) is 0 Å². The lowest BCUT2D eigenvalue weighted by Crippen LogP contribution is -2.33. The first-order valence-electron chi connectivity index (χ1n) is 5.57. The van der Waals surface area contributed by atoms with Crippen LogP contribution in [0.15, 0.2) is 22.7 Å². The Morgan fingerprint density at radius 1 is 1.59 bits per heavy atom. The van der Waals surface area contributed by atoms with Crippen LogP contribution in [0.1, 0.15) is 12.0 Å². The smallest absolute Gasteiger partial charge is 0.321 e. The van der Waals surface area contributed by atoms with Gasteiger partial charge in [-0.2, -0.15) is 0 Å². The highest BCUT2D eigenvalue weighted by Crippen LogP contribution is 2.26. The summed E-state index contributed by atoms with van der Waals surface area (Å²) in [7, 11) is 0. The van der Waals surface area contributed by atoms with E-state index < -0.39 is 0 Å². The molecule has 1 saturated heterocycles. The van der Waals surface area contributed by atoms with Crippen LogP contribution in [0.25, 0.3) is 0 Å². The molecule has 2 rings (SSSR count). The number of aliphatic hydroxyl groups excluding tert-OH is 1. The summed E-state index contributed by atoms with van der Waals surface area (Å²) in [4.78, 5) is 13.5. The van der Waals surface area contributed by atoms with E-state index >= 15 is 0 Å². The third-order valence-electron chi connectivity index (χ3n) is 2.88. The Kier molecular flexibility index (Phi) is 3.69. The molecule has 1 fully saturated rings. The van der Waals surface area contributed by atoms with E-state index in [2.05, 4.69) is 21.2 Å². The summed E-state index contributed by atoms with van der Waals surface area (Å²) < 4.78 is 0.896. The van der Waals surface area contributed by atoms with Crippen LogP contribution in [0.2, 0.25) is 0 Å². The van der Waals surface area contributed by atoms with Gasteiger partial charge in [0.1, 0.15) is 0 Å². The molecule has 1 aromatic carbocycles. The largest absolute Gasteiger partial charge is 0.391 e. The number of hydrogen-bond donors (Lipinski definition) is 2. The van der Waals surface area contributed by atoms with E-state index in [0.717, 1.165) is 15.7 Å². The number of rotatable bonds is 1. The van der Waals surface area contributed by atoms with Crippen LogP contribution in [0, 0.1) is 6.92 Å². The Morgan fingerprint density at radius 2 is 2.35 bits per heavy atom. The fraction of sp³-hybridized carbons (Fsp3) is 0.417. The van der Waals surface area contributed by atoms with Crippen molar-refractivity contribution in [1.82, 2.24) is 4.90 Å². The fourth-order valence-corrected chi connectivity index (χ4v) is 2.23. The molecule has 2 N–H and O–H groups in total. The molecule has 1 heterocycles. The molecule has 0 bridgehead atoms. The highest BCUT2D eigenvalue weighted by atomic mass is 79.9. The van der Waals surface area contributed by atoms with E-state index in [-0.39, 0.29) is 12.1 Å². The van der Waals surface area contributed by atoms with Crippen LogP contribution >= 0.6 is 15.9 Å². The van der Waals surface area contributed by atoms with Crippen molar-refractivity contribution in [3.63, 3.8) is 0 Å². The zero-order chi connectivity index (χ0) is 12.4. The van der Waals surface area contributed by atoms with Crippen LogP contribution in [0.4, 0.5) is 10.5 Å². The lowest BCUT2D eigenvalue weighted by atomic mass is 10.2. The zero-order valence-corrected chi connectivity index (χ0v) is 11.2. The van der Waals surface area contributed by atoms with Crippen LogP contribution in [-0.4, -0.2) is 35.2 Å². The van der Waals surface area contributed by atoms with Gasteiger partial charge in [-0.05, 0) is 40.9 Å². The quantitative estimate of drug-likeness (QED) is 0.836. The van der Waals surface area contributed by atoms with Gasteiger partial charge in [-0.15, -0.1) is 0 Å². The number of carbonyl (C=O) groups excluding carboxylic acids is 1. The predicted octanol–water partition coefficient (Wildman–Crippen LogP) is 2.36. The van der Waals surface area contributed by atoms with E-state index in [1.165, 1.54) is 0 Å². The Bertz CT molecular complexity index is 437. The molecular weight excluding hydrogens is 284 g/mol. The molecule has 0 unspecified atom stereocenters. The summed E-state index contributed by atoms with van der Waals surface area (Å²) in [5.74, 6) is 0. The summed E-state index contributed by atoms with van der Waals surface area (Å²) in [5, 5.41) is 12.2. The normalized spacial score (nSPS) is 19.5. The first-order chi connectivity index (χ1) is 8.08. The van der Waals surface area contributed by atoms with Crippen molar-refractivity contribution in [1.29, 1.82) is 0 Å². The molecule has 4 nitrogen and oxygen atoms in total. The van der Waals surface area contributed by atoms with Crippen molar-refractivity contribution < 1.29 is 9.90 Å². The first-order valence-corrected chi connectivity index (χ1v) is 6.36. The van der Waals surface area contributed by atoms with Crippen molar-refractivity contribution in [2.24, 2.45) is 0 Å². The molecule has 2 amide bonds. The standard InChI is InChI=1S/C12H15BrN2O2/c1-8-3-2-4-10(11(8)13)14-12(17)15-6-5-9(16)7-15/h2-4,9,16H,5-7H2,1H3,(H,14,17)/t9-/m0/s1. The van der Waals surface area contributed by atoms with Crippen molar-refractivity contribution >= 4 is 27.6 Å². The number of halogens is 1. The van der Waals surface area contributed by atoms with Gasteiger partial charge in [-0.3, -0.25) is 0 Å². The van der Waals surface area contributed by atoms with E-state index in [1.54, 1.807) is 4.90 Å². The summed E-state index contributed by atoms with van der Waals surface area (Å²) in [6.45, 7) is 2.99. The van der Waals surface area contributed by atoms with Crippen molar-refractivity contribution in [2.75, 3.05) is 18.4 Å². The maximum absolute atomic E-state index is 11.9. The second-order valence-electron chi connectivity index (χ2n) is 4.26. The number of urea groups is 1. The first kappa shape index (κ1) is 12.4. The zero-order valence-electron chi connectivity index (χ0n) is 9.61. The van der Waals surface area contributed by atoms with Crippen molar-refractivity contribution in [3.8, 4) is 0 Å². The number of anilines is 1. The molecule has 0 radical (unpaired) electrons. The number of hydrogen-bond acceptors (Lipinski definition) is 2. The highest BCUT2D eigenvalue weighted by Gasteiger charge is 2.24. The van der Waals surface area contributed by atoms with Gasteiger partial charge in [-0.1, -0.05) is 12.1 Å². The van der Waals surface area contributed by atoms with Gasteiger partial charge in [0.15, 0.2) is 0 Å². The SMILES string of the molecule is Cc1cccc(NC(=O)N2CC[C@H](O)C2)c1Br. The molecule has 1 aliphatic rings. The Labute approximate surface area is 109 Å². The Hall–Kier alpha value is -1.07. The number of aliphatic hydroxyl groups is 1. The summed E-state index contributed by atoms with van der Waals surface area (Å²) in [6.07, 6.45) is 0.268. The number of benzene rings is 1. The third kappa shape index (κ3) is 2.79. The molecule has 1 atom stereocenters. The molecule has 5 heteroatoms. The van der Waals surface area contributed by atoms with Crippen LogP contribution in [0.3, 0.4) is 0 Å². The van der Waals surface area contributed by atoms with Crippen LogP contribution in [0.5, 0.6) is 0 Å². The molecular formula is C12H15BrN2O2. The minimum Gasteiger partial charge on any atom is -0.391 e. The monoisotopic (exact) mass is 298 g/mol. The Balaban J connectivity index is 2.06. The van der Waals surface area contributed by atoms with Gasteiger partial charge in [0.25, 0.3) is 0 Å². The predicted molar refractivity (Wildman–Crippen MR) is 70.1 cm³/mol. The van der Waals surface area contributed by atoms with Gasteiger partial charge in [0.05, 0.1) is 11.8 Å². The summed E-state index contributed by atoms with van der Waals surface area (Å²) in [5.41, 5.74) is 1.83. The average molecular weight is 299 g/mol. The van der Waals surface area contributed by atoms with Crippen molar-refractivity contribution in [2.45, 2.75) is 19.4 Å². The average Bonchev–Trinajstić information content (AvgIpc) is 2.72. The maximum Gasteiger partial charge on any atom is 0.321 e. The minimum absolute atomic E-state index is 0.159. The van der Waals surface area contributed by atoms with E-state index in [9.17, 15) is 9.90 Å². The van der Waals surface area contributed by atoms with Gasteiger partial charge in [-0.25, -0.2) is 4.79 Å². The van der Waals surface area contributed by atoms with E-state index in [0.29, 0.717) is 19.5 Å². The molecule has 0 saturated carbocycles. The number of amides is 2. The van der Waals surface area contributed by atoms with Gasteiger partial charge >= 0.3 is 6.03 Å². The number of likely N-dealkylation sites (tertiary alicyclic amines) is 1. The lowest BCUT2D eigenvalue weighted by Gasteiger charge is -2.17. The molecule has 0 aromatic heterocycles. The topological polar surface area (TPSA) is 52.6 Å². The minimum atomic E-state index is -0.387. The second kappa shape index (κ2) is 5.06. The lowest BCUT2D eigenvalue weighted by molar-refractivity contribution is 0.176. The third-order valence-corrected chi connectivity index (χ3v) is 3.94. The van der Waals surface area contributed by atoms with E-state index in [1.807, 2.05) is 25.1 Å². The highest BCUT2D eigenvalue weighted by molar-refractivity contribution is 9.10. The molecule has 92 valence electrons. The summed E-state index contributed by atoms with van der Waals surface area (Å²) in [6, 6.07) is 5.56. The second-order valence-corrected chi connectivity index (χ2v) is 5.05. The molecule has 0 spiro atoms. The maximum atomic E-state index is 11.9. The molecule has 17 heavy (non-hydrogen) atoms. The van der Waals surface area contributed by atoms with Gasteiger partial charge < -0.3 is 15.3 Å².